The lowest BCUT2D eigenvalue weighted by atomic mass is 10.1. The molecule has 0 aromatic heterocycles. The lowest BCUT2D eigenvalue weighted by molar-refractivity contribution is -0.105. The van der Waals surface area contributed by atoms with Crippen LogP contribution >= 0.6 is 0 Å². The Morgan fingerprint density at radius 1 is 1.17 bits per heavy atom. The SMILES string of the molecule is CC(C)(O)CCON1C(=O)c2ccccc2C1=O. The molecule has 96 valence electrons. The lowest BCUT2D eigenvalue weighted by Gasteiger charge is -2.19. The molecule has 0 fully saturated rings. The number of aliphatic hydroxyl groups is 1. The summed E-state index contributed by atoms with van der Waals surface area (Å²) in [4.78, 5) is 28.9. The van der Waals surface area contributed by atoms with Crippen LogP contribution < -0.4 is 0 Å². The molecule has 2 amide bonds. The van der Waals surface area contributed by atoms with E-state index in [-0.39, 0.29) is 6.61 Å². The zero-order valence-corrected chi connectivity index (χ0v) is 10.3. The van der Waals surface area contributed by atoms with E-state index >= 15 is 0 Å². The predicted octanol–water partition coefficient (Wildman–Crippen LogP) is 1.38. The minimum Gasteiger partial charge on any atom is -0.390 e. The van der Waals surface area contributed by atoms with E-state index in [9.17, 15) is 14.7 Å². The summed E-state index contributed by atoms with van der Waals surface area (Å²) in [6, 6.07) is 6.58. The van der Waals surface area contributed by atoms with Crippen LogP contribution in [0.1, 0.15) is 41.0 Å². The molecule has 1 aromatic carbocycles. The van der Waals surface area contributed by atoms with Crippen molar-refractivity contribution >= 4 is 11.8 Å². The Bertz CT molecular complexity index is 455. The van der Waals surface area contributed by atoms with Gasteiger partial charge in [-0.3, -0.25) is 14.4 Å². The van der Waals surface area contributed by atoms with Gasteiger partial charge in [-0.1, -0.05) is 12.1 Å². The van der Waals surface area contributed by atoms with Crippen molar-refractivity contribution in [3.63, 3.8) is 0 Å². The van der Waals surface area contributed by atoms with Gasteiger partial charge in [-0.15, -0.1) is 5.06 Å². The smallest absolute Gasteiger partial charge is 0.285 e. The van der Waals surface area contributed by atoms with Crippen LogP contribution in [0.15, 0.2) is 24.3 Å². The number of carbonyl (C=O) groups is 2. The number of fused-ring (bicyclic) bond motifs is 1. The van der Waals surface area contributed by atoms with Crippen LogP contribution in [-0.2, 0) is 4.84 Å². The van der Waals surface area contributed by atoms with Crippen LogP contribution in [0.5, 0.6) is 0 Å². The largest absolute Gasteiger partial charge is 0.390 e. The molecule has 2 rings (SSSR count). The van der Waals surface area contributed by atoms with Crippen molar-refractivity contribution in [2.75, 3.05) is 6.61 Å². The van der Waals surface area contributed by atoms with E-state index in [0.717, 1.165) is 5.06 Å². The van der Waals surface area contributed by atoms with E-state index in [0.29, 0.717) is 17.5 Å². The minimum absolute atomic E-state index is 0.106. The first-order chi connectivity index (χ1) is 8.40. The van der Waals surface area contributed by atoms with Crippen LogP contribution in [-0.4, -0.2) is 34.2 Å². The van der Waals surface area contributed by atoms with E-state index in [1.807, 2.05) is 0 Å². The molecule has 1 aromatic rings. The molecular formula is C13H15NO4. The highest BCUT2D eigenvalue weighted by Crippen LogP contribution is 2.23. The Balaban J connectivity index is 2.05. The average Bonchev–Trinajstić information content (AvgIpc) is 2.53. The third-order valence-electron chi connectivity index (χ3n) is 2.69. The van der Waals surface area contributed by atoms with Crippen LogP contribution in [0.2, 0.25) is 0 Å². The third kappa shape index (κ3) is 2.42. The van der Waals surface area contributed by atoms with Gasteiger partial charge in [-0.05, 0) is 26.0 Å². The van der Waals surface area contributed by atoms with E-state index in [2.05, 4.69) is 0 Å². The molecule has 1 aliphatic heterocycles. The standard InChI is InChI=1S/C13H15NO4/c1-13(2,17)7-8-18-14-11(15)9-5-3-4-6-10(9)12(14)16/h3-6,17H,7-8H2,1-2H3. The molecule has 1 aliphatic rings. The average molecular weight is 249 g/mol. The second-order valence-electron chi connectivity index (χ2n) is 4.85. The summed E-state index contributed by atoms with van der Waals surface area (Å²) in [5.41, 5.74) is -0.185. The molecule has 1 heterocycles. The minimum atomic E-state index is -0.890. The van der Waals surface area contributed by atoms with Crippen LogP contribution in [0, 0.1) is 0 Å². The van der Waals surface area contributed by atoms with Gasteiger partial charge >= 0.3 is 0 Å². The van der Waals surface area contributed by atoms with Gasteiger partial charge in [0.2, 0.25) is 0 Å². The zero-order valence-electron chi connectivity index (χ0n) is 10.3. The molecule has 0 aliphatic carbocycles. The van der Waals surface area contributed by atoms with Gasteiger partial charge in [0.05, 0.1) is 23.3 Å². The van der Waals surface area contributed by atoms with Crippen molar-refractivity contribution in [1.29, 1.82) is 0 Å². The quantitative estimate of drug-likeness (QED) is 0.818. The lowest BCUT2D eigenvalue weighted by Crippen LogP contribution is -2.32. The van der Waals surface area contributed by atoms with Crippen LogP contribution in [0.4, 0.5) is 0 Å². The first-order valence-electron chi connectivity index (χ1n) is 5.73. The number of benzene rings is 1. The fraction of sp³-hybridized carbons (Fsp3) is 0.385. The summed E-state index contributed by atoms with van der Waals surface area (Å²) in [6.45, 7) is 3.38. The molecular weight excluding hydrogens is 234 g/mol. The number of hydrogen-bond acceptors (Lipinski definition) is 4. The Labute approximate surface area is 105 Å². The Morgan fingerprint density at radius 3 is 2.11 bits per heavy atom. The molecule has 0 saturated carbocycles. The van der Waals surface area contributed by atoms with Gasteiger partial charge in [0, 0.05) is 6.42 Å². The molecule has 0 atom stereocenters. The van der Waals surface area contributed by atoms with Crippen molar-refractivity contribution in [2.45, 2.75) is 25.9 Å². The van der Waals surface area contributed by atoms with Gasteiger partial charge in [0.15, 0.2) is 0 Å². The normalized spacial score (nSPS) is 15.2. The molecule has 0 radical (unpaired) electrons. The number of carbonyl (C=O) groups excluding carboxylic acids is 2. The maximum atomic E-state index is 11.9. The van der Waals surface area contributed by atoms with Crippen molar-refractivity contribution < 1.29 is 19.5 Å². The van der Waals surface area contributed by atoms with Gasteiger partial charge in [-0.2, -0.15) is 0 Å². The van der Waals surface area contributed by atoms with E-state index in [4.69, 9.17) is 4.84 Å². The predicted molar refractivity (Wildman–Crippen MR) is 63.8 cm³/mol. The van der Waals surface area contributed by atoms with Crippen molar-refractivity contribution in [2.24, 2.45) is 0 Å². The van der Waals surface area contributed by atoms with Crippen molar-refractivity contribution in [3.8, 4) is 0 Å². The highest BCUT2D eigenvalue weighted by molar-refractivity contribution is 6.20. The first-order valence-corrected chi connectivity index (χ1v) is 5.73. The molecule has 5 heteroatoms. The highest BCUT2D eigenvalue weighted by Gasteiger charge is 2.36. The molecule has 18 heavy (non-hydrogen) atoms. The number of hydroxylamine groups is 2. The Morgan fingerprint density at radius 2 is 1.67 bits per heavy atom. The molecule has 0 bridgehead atoms. The maximum absolute atomic E-state index is 11.9. The van der Waals surface area contributed by atoms with Gasteiger partial charge in [-0.25, -0.2) is 0 Å². The summed E-state index contributed by atoms with van der Waals surface area (Å²) in [7, 11) is 0. The third-order valence-corrected chi connectivity index (χ3v) is 2.69. The highest BCUT2D eigenvalue weighted by atomic mass is 16.7. The number of imide groups is 1. The molecule has 1 N–H and O–H groups in total. The second-order valence-corrected chi connectivity index (χ2v) is 4.85. The zero-order chi connectivity index (χ0) is 13.3. The number of hydrogen-bond donors (Lipinski definition) is 1. The topological polar surface area (TPSA) is 66.8 Å². The van der Waals surface area contributed by atoms with Crippen molar-refractivity contribution in [1.82, 2.24) is 5.06 Å². The van der Waals surface area contributed by atoms with Crippen LogP contribution in [0.25, 0.3) is 0 Å². The fourth-order valence-electron chi connectivity index (χ4n) is 1.67. The molecule has 5 nitrogen and oxygen atoms in total. The summed E-state index contributed by atoms with van der Waals surface area (Å²) < 4.78 is 0. The molecule has 0 unspecified atom stereocenters. The second kappa shape index (κ2) is 4.51. The van der Waals surface area contributed by atoms with E-state index < -0.39 is 17.4 Å². The van der Waals surface area contributed by atoms with Gasteiger partial charge < -0.3 is 5.11 Å². The van der Waals surface area contributed by atoms with Crippen LogP contribution in [0.3, 0.4) is 0 Å². The fourth-order valence-corrected chi connectivity index (χ4v) is 1.67. The monoisotopic (exact) mass is 249 g/mol. The summed E-state index contributed by atoms with van der Waals surface area (Å²) >= 11 is 0. The molecule has 0 spiro atoms. The van der Waals surface area contributed by atoms with Crippen molar-refractivity contribution in [3.05, 3.63) is 35.4 Å². The number of nitrogens with zero attached hydrogens (tertiary/aromatic N) is 1. The van der Waals surface area contributed by atoms with E-state index in [1.54, 1.807) is 38.1 Å². The van der Waals surface area contributed by atoms with Gasteiger partial charge in [0.25, 0.3) is 11.8 Å². The Kier molecular flexibility index (Phi) is 3.19. The number of amides is 2. The first kappa shape index (κ1) is 12.7. The van der Waals surface area contributed by atoms with Gasteiger partial charge in [0.1, 0.15) is 0 Å². The van der Waals surface area contributed by atoms with E-state index in [1.165, 1.54) is 0 Å². The maximum Gasteiger partial charge on any atom is 0.285 e. The summed E-state index contributed by atoms with van der Waals surface area (Å²) in [6.07, 6.45) is 0.334. The summed E-state index contributed by atoms with van der Waals surface area (Å²) in [5.74, 6) is -0.905. The summed E-state index contributed by atoms with van der Waals surface area (Å²) in [5, 5.41) is 10.3. The Hall–Kier alpha value is -1.72. The molecule has 0 saturated heterocycles. The number of rotatable bonds is 4.